The van der Waals surface area contributed by atoms with Gasteiger partial charge in [-0.2, -0.15) is 0 Å². The van der Waals surface area contributed by atoms with Crippen molar-refractivity contribution in [3.05, 3.63) is 40.7 Å². The van der Waals surface area contributed by atoms with E-state index in [9.17, 15) is 9.59 Å². The number of carboxylic acids is 1. The maximum atomic E-state index is 12.2. The third-order valence-electron chi connectivity index (χ3n) is 4.10. The first-order valence-electron chi connectivity index (χ1n) is 9.58. The lowest BCUT2D eigenvalue weighted by Gasteiger charge is -2.12. The van der Waals surface area contributed by atoms with E-state index in [-0.39, 0.29) is 34.9 Å². The van der Waals surface area contributed by atoms with Crippen LogP contribution in [0.5, 0.6) is 5.75 Å². The van der Waals surface area contributed by atoms with Crippen LogP contribution in [0.1, 0.15) is 35.3 Å². The Morgan fingerprint density at radius 1 is 1.16 bits per heavy atom. The molecule has 0 unspecified atom stereocenters. The van der Waals surface area contributed by atoms with Gasteiger partial charge in [0.1, 0.15) is 5.75 Å². The Labute approximate surface area is 189 Å². The average molecular weight is 465 g/mol. The summed E-state index contributed by atoms with van der Waals surface area (Å²) in [5, 5.41) is 10.9. The number of anilines is 2. The maximum Gasteiger partial charge on any atom is 0.308 e. The highest BCUT2D eigenvalue weighted by molar-refractivity contribution is 6.31. The lowest BCUT2D eigenvalue weighted by molar-refractivity contribution is -0.138. The number of amides is 1. The number of aromatic nitrogens is 2. The predicted molar refractivity (Wildman–Crippen MR) is 120 cm³/mol. The number of benzene rings is 1. The molecule has 2 rings (SSSR count). The molecule has 0 bridgehead atoms. The highest BCUT2D eigenvalue weighted by Crippen LogP contribution is 2.17. The number of nitrogens with zero attached hydrogens (tertiary/aromatic N) is 3. The first-order valence-corrected chi connectivity index (χ1v) is 9.96. The van der Waals surface area contributed by atoms with Gasteiger partial charge in [-0.05, 0) is 37.0 Å². The van der Waals surface area contributed by atoms with Crippen LogP contribution < -0.4 is 33.0 Å². The summed E-state index contributed by atoms with van der Waals surface area (Å²) < 4.78 is 5.33. The second kappa shape index (κ2) is 11.7. The van der Waals surface area contributed by atoms with Gasteiger partial charge in [0.2, 0.25) is 0 Å². The first-order chi connectivity index (χ1) is 15.2. The van der Waals surface area contributed by atoms with Crippen LogP contribution in [0.2, 0.25) is 5.15 Å². The van der Waals surface area contributed by atoms with Crippen LogP contribution in [-0.4, -0.2) is 45.7 Å². The summed E-state index contributed by atoms with van der Waals surface area (Å²) in [5.41, 5.74) is 23.3. The fourth-order valence-electron chi connectivity index (χ4n) is 2.59. The number of aliphatic imine (C=N–C) groups is 1. The van der Waals surface area contributed by atoms with E-state index >= 15 is 0 Å². The number of halogens is 1. The maximum absolute atomic E-state index is 12.2. The van der Waals surface area contributed by atoms with Crippen molar-refractivity contribution in [1.29, 1.82) is 0 Å². The number of ether oxygens (including phenoxy) is 1. The van der Waals surface area contributed by atoms with Crippen LogP contribution in [0.15, 0.2) is 29.3 Å². The fourth-order valence-corrected chi connectivity index (χ4v) is 2.71. The van der Waals surface area contributed by atoms with Crippen molar-refractivity contribution >= 4 is 41.1 Å². The normalized spacial score (nSPS) is 12.2. The van der Waals surface area contributed by atoms with Gasteiger partial charge in [-0.25, -0.2) is 9.97 Å². The zero-order chi connectivity index (χ0) is 23.7. The van der Waals surface area contributed by atoms with Crippen LogP contribution in [0, 0.1) is 0 Å². The van der Waals surface area contributed by atoms with E-state index in [4.69, 9.17) is 44.4 Å². The molecule has 1 aromatic carbocycles. The van der Waals surface area contributed by atoms with E-state index in [1.165, 1.54) is 0 Å². The van der Waals surface area contributed by atoms with Crippen LogP contribution in [0.4, 0.5) is 11.6 Å². The molecule has 0 aliphatic carbocycles. The SMILES string of the molecule is NC(=NCCCCc1ccc(O[C@@H](N)CC(=O)O)cc1)NC(=O)c1nc(Cl)c(N)nc1N. The van der Waals surface area contributed by atoms with E-state index in [2.05, 4.69) is 20.3 Å². The molecule has 1 heterocycles. The number of hydrogen-bond acceptors (Lipinski definition) is 9. The molecular weight excluding hydrogens is 440 g/mol. The molecule has 0 aliphatic rings. The minimum absolute atomic E-state index is 0.0775. The second-order valence-corrected chi connectivity index (χ2v) is 7.07. The summed E-state index contributed by atoms with van der Waals surface area (Å²) in [7, 11) is 0. The van der Waals surface area contributed by atoms with Crippen LogP contribution >= 0.6 is 11.6 Å². The predicted octanol–water partition coefficient (Wildman–Crippen LogP) is 0.500. The molecular formula is C19H25ClN8O4. The van der Waals surface area contributed by atoms with E-state index in [0.29, 0.717) is 12.3 Å². The van der Waals surface area contributed by atoms with Gasteiger partial charge in [0.05, 0.1) is 6.42 Å². The Balaban J connectivity index is 1.74. The molecule has 0 spiro atoms. The average Bonchev–Trinajstić information content (AvgIpc) is 2.71. The Hall–Kier alpha value is -3.64. The van der Waals surface area contributed by atoms with Crippen LogP contribution in [0.3, 0.4) is 0 Å². The second-order valence-electron chi connectivity index (χ2n) is 6.71. The van der Waals surface area contributed by atoms with Gasteiger partial charge in [0.25, 0.3) is 5.91 Å². The van der Waals surface area contributed by atoms with Crippen molar-refractivity contribution in [1.82, 2.24) is 15.3 Å². The molecule has 0 radical (unpaired) electrons. The van der Waals surface area contributed by atoms with Crippen molar-refractivity contribution < 1.29 is 19.4 Å². The van der Waals surface area contributed by atoms with Gasteiger partial charge < -0.3 is 27.0 Å². The molecule has 10 N–H and O–H groups in total. The van der Waals surface area contributed by atoms with Gasteiger partial charge in [0.15, 0.2) is 34.7 Å². The van der Waals surface area contributed by atoms with E-state index in [0.717, 1.165) is 24.8 Å². The van der Waals surface area contributed by atoms with Crippen molar-refractivity contribution in [3.8, 4) is 5.75 Å². The molecule has 2 aromatic rings. The number of guanidine groups is 1. The molecule has 12 nitrogen and oxygen atoms in total. The minimum atomic E-state index is -1.02. The summed E-state index contributed by atoms with van der Waals surface area (Å²) in [4.78, 5) is 34.4. The van der Waals surface area contributed by atoms with Crippen molar-refractivity contribution in [3.63, 3.8) is 0 Å². The number of carbonyl (C=O) groups is 2. The molecule has 0 saturated heterocycles. The fraction of sp³-hybridized carbons (Fsp3) is 0.316. The molecule has 0 saturated carbocycles. The lowest BCUT2D eigenvalue weighted by Crippen LogP contribution is -2.38. The number of hydrogen-bond donors (Lipinski definition) is 6. The molecule has 1 atom stereocenters. The summed E-state index contributed by atoms with van der Waals surface area (Å²) >= 11 is 5.75. The number of rotatable bonds is 10. The monoisotopic (exact) mass is 464 g/mol. The highest BCUT2D eigenvalue weighted by atomic mass is 35.5. The molecule has 0 aliphatic heterocycles. The van der Waals surface area contributed by atoms with E-state index in [1.807, 2.05) is 12.1 Å². The molecule has 32 heavy (non-hydrogen) atoms. The van der Waals surface area contributed by atoms with Gasteiger partial charge in [-0.1, -0.05) is 23.7 Å². The molecule has 13 heteroatoms. The Morgan fingerprint density at radius 3 is 2.50 bits per heavy atom. The van der Waals surface area contributed by atoms with E-state index in [1.54, 1.807) is 12.1 Å². The van der Waals surface area contributed by atoms with Gasteiger partial charge in [0, 0.05) is 6.54 Å². The number of aryl methyl sites for hydroxylation is 1. The quantitative estimate of drug-likeness (QED) is 0.124. The molecule has 1 amide bonds. The zero-order valence-corrected chi connectivity index (χ0v) is 17.9. The van der Waals surface area contributed by atoms with Crippen molar-refractivity contribution in [2.24, 2.45) is 16.5 Å². The van der Waals surface area contributed by atoms with E-state index < -0.39 is 18.1 Å². The third-order valence-corrected chi connectivity index (χ3v) is 4.38. The highest BCUT2D eigenvalue weighted by Gasteiger charge is 2.16. The smallest absolute Gasteiger partial charge is 0.308 e. The van der Waals surface area contributed by atoms with Gasteiger partial charge >= 0.3 is 5.97 Å². The number of aliphatic carboxylic acids is 1. The molecule has 0 fully saturated rings. The largest absolute Gasteiger partial charge is 0.481 e. The number of carboxylic acid groups (broad SMARTS) is 1. The Morgan fingerprint density at radius 2 is 1.84 bits per heavy atom. The topological polar surface area (TPSA) is 218 Å². The number of nitrogens with two attached hydrogens (primary N) is 4. The summed E-state index contributed by atoms with van der Waals surface area (Å²) in [6.07, 6.45) is 1.17. The first kappa shape index (κ1) is 24.6. The van der Waals surface area contributed by atoms with Crippen LogP contribution in [-0.2, 0) is 11.2 Å². The van der Waals surface area contributed by atoms with Crippen molar-refractivity contribution in [2.45, 2.75) is 31.9 Å². The van der Waals surface area contributed by atoms with Crippen molar-refractivity contribution in [2.75, 3.05) is 18.0 Å². The molecule has 1 aromatic heterocycles. The standard InChI is InChI=1S/C19H25ClN8O4/c20-15-17(23)27-16(22)14(26-15)18(31)28-19(24)25-8-2-1-3-10-4-6-11(7-5-10)32-12(21)9-13(29)30/h4-7,12H,1-3,8-9,21H2,(H,29,30)(H4,22,23,27)(H3,24,25,28,31)/t12-/m1/s1. The summed E-state index contributed by atoms with van der Waals surface area (Å²) in [5.74, 6) is -1.54. The number of nitrogens with one attached hydrogen (secondary N) is 1. The number of unbranched alkanes of at least 4 members (excludes halogenated alkanes) is 1. The summed E-state index contributed by atoms with van der Waals surface area (Å²) in [6, 6.07) is 7.23. The van der Waals surface area contributed by atoms with Crippen LogP contribution in [0.25, 0.3) is 0 Å². The summed E-state index contributed by atoms with van der Waals surface area (Å²) in [6.45, 7) is 0.404. The number of carbonyl (C=O) groups excluding carboxylic acids is 1. The van der Waals surface area contributed by atoms with Gasteiger partial charge in [-0.15, -0.1) is 0 Å². The number of nitrogen functional groups attached to an aromatic ring is 2. The zero-order valence-electron chi connectivity index (χ0n) is 17.1. The Kier molecular flexibility index (Phi) is 8.98. The lowest BCUT2D eigenvalue weighted by atomic mass is 10.1. The minimum Gasteiger partial charge on any atom is -0.481 e. The Bertz CT molecular complexity index is 984. The third kappa shape index (κ3) is 7.89. The molecule has 172 valence electrons. The van der Waals surface area contributed by atoms with Gasteiger partial charge in [-0.3, -0.25) is 25.6 Å².